The molecule has 2 aromatic carbocycles. The summed E-state index contributed by atoms with van der Waals surface area (Å²) in [4.78, 5) is 12.9. The van der Waals surface area contributed by atoms with Gasteiger partial charge in [-0.1, -0.05) is 0 Å². The van der Waals surface area contributed by atoms with E-state index in [0.717, 1.165) is 0 Å². The van der Waals surface area contributed by atoms with Gasteiger partial charge in [0.15, 0.2) is 23.0 Å². The number of hydrogen-bond donors (Lipinski definition) is 2. The lowest BCUT2D eigenvalue weighted by Crippen LogP contribution is -2.53. The van der Waals surface area contributed by atoms with E-state index in [4.69, 9.17) is 18.9 Å². The fourth-order valence-corrected chi connectivity index (χ4v) is 3.62. The number of ether oxygens (including phenoxy) is 4. The Kier molecular flexibility index (Phi) is 7.70. The van der Waals surface area contributed by atoms with Crippen LogP contribution in [0.3, 0.4) is 0 Å². The molecule has 9 nitrogen and oxygen atoms in total. The topological polar surface area (TPSA) is 103 Å². The van der Waals surface area contributed by atoms with Gasteiger partial charge in [0, 0.05) is 17.2 Å². The Bertz CT molecular complexity index is 1260. The second-order valence-electron chi connectivity index (χ2n) is 7.54. The highest BCUT2D eigenvalue weighted by molar-refractivity contribution is 5.77. The first-order valence-corrected chi connectivity index (χ1v) is 10.6. The summed E-state index contributed by atoms with van der Waals surface area (Å²) in [5.41, 5.74) is 2.23. The van der Waals surface area contributed by atoms with Crippen LogP contribution in [0.4, 0.5) is 0 Å². The van der Waals surface area contributed by atoms with Gasteiger partial charge >= 0.3 is 5.69 Å². The summed E-state index contributed by atoms with van der Waals surface area (Å²) in [6, 6.07) is 8.59. The van der Waals surface area contributed by atoms with Crippen molar-refractivity contribution < 1.29 is 33.7 Å². The van der Waals surface area contributed by atoms with Crippen LogP contribution in [0.15, 0.2) is 35.1 Å². The molecule has 184 valence electrons. The zero-order valence-corrected chi connectivity index (χ0v) is 20.5. The Morgan fingerprint density at radius 2 is 1.26 bits per heavy atom. The van der Waals surface area contributed by atoms with E-state index < -0.39 is 0 Å². The number of benzene rings is 2. The van der Waals surface area contributed by atoms with Crippen molar-refractivity contribution in [3.05, 3.63) is 63.3 Å². The Hall–Kier alpha value is -4.40. The van der Waals surface area contributed by atoms with E-state index in [1.807, 2.05) is 6.07 Å². The maximum Gasteiger partial charge on any atom is 0.498 e. The molecule has 0 unspecified atom stereocenters. The molecule has 0 amide bonds. The van der Waals surface area contributed by atoms with Crippen LogP contribution in [0.5, 0.6) is 34.5 Å². The lowest BCUT2D eigenvalue weighted by Gasteiger charge is -2.11. The minimum absolute atomic E-state index is 0.106. The average molecular weight is 482 g/mol. The number of aromatic nitrogens is 2. The van der Waals surface area contributed by atoms with Crippen LogP contribution in [-0.2, 0) is 14.1 Å². The number of methoxy groups -OCH3 is 4. The fourth-order valence-electron chi connectivity index (χ4n) is 3.62. The van der Waals surface area contributed by atoms with Gasteiger partial charge in [-0.3, -0.25) is 0 Å². The van der Waals surface area contributed by atoms with Crippen molar-refractivity contribution in [3.8, 4) is 34.5 Å². The maximum atomic E-state index is 12.9. The minimum atomic E-state index is -0.235. The largest absolute Gasteiger partial charge is 0.502 e. The molecule has 0 bridgehead atoms. The van der Waals surface area contributed by atoms with Gasteiger partial charge < -0.3 is 29.2 Å². The first-order valence-electron chi connectivity index (χ1n) is 10.6. The predicted molar refractivity (Wildman–Crippen MR) is 133 cm³/mol. The molecule has 0 aliphatic rings. The number of aromatic hydroxyl groups is 2. The lowest BCUT2D eigenvalue weighted by molar-refractivity contribution is -0.692. The Labute approximate surface area is 203 Å². The molecule has 9 heteroatoms. The van der Waals surface area contributed by atoms with Crippen molar-refractivity contribution >= 4 is 24.3 Å². The highest BCUT2D eigenvalue weighted by Crippen LogP contribution is 2.40. The highest BCUT2D eigenvalue weighted by atomic mass is 16.5. The standard InChI is InChI=1S/C26H28N2O7/c1-27-18(11-7-16-9-13-20(32-3)22(29)24(16)34-5)15-19(28(2)26(27)31)12-8-17-10-14-21(33-4)23(30)25(17)35-6/h7-15H,1-6H3,(H-,29,30)/p+1/b11-7+,12-8+. The SMILES string of the molecule is COc1ccc(/C=C/c2cc(/C=C/c3ccc(OC)c(O)c3OC)[n+](C)c(=O)n2C)c(OC)c1O. The van der Waals surface area contributed by atoms with E-state index in [1.54, 1.807) is 62.7 Å². The molecule has 3 aromatic rings. The molecule has 3 rings (SSSR count). The van der Waals surface area contributed by atoms with Crippen LogP contribution in [0.1, 0.15) is 22.5 Å². The molecule has 1 aromatic heterocycles. The van der Waals surface area contributed by atoms with Crippen molar-refractivity contribution in [2.45, 2.75) is 0 Å². The maximum absolute atomic E-state index is 12.9. The van der Waals surface area contributed by atoms with Gasteiger partial charge in [-0.15, -0.1) is 0 Å². The summed E-state index contributed by atoms with van der Waals surface area (Å²) in [5, 5.41) is 20.7. The first-order chi connectivity index (χ1) is 16.8. The van der Waals surface area contributed by atoms with Gasteiger partial charge in [0.1, 0.15) is 11.4 Å². The molecule has 0 spiro atoms. The van der Waals surface area contributed by atoms with E-state index >= 15 is 0 Å². The molecule has 35 heavy (non-hydrogen) atoms. The Morgan fingerprint density at radius 1 is 0.771 bits per heavy atom. The zero-order chi connectivity index (χ0) is 25.7. The Balaban J connectivity index is 2.04. The van der Waals surface area contributed by atoms with Crippen molar-refractivity contribution in [1.29, 1.82) is 0 Å². The molecular weight excluding hydrogens is 452 g/mol. The third-order valence-electron chi connectivity index (χ3n) is 5.61. The number of hydrogen-bond acceptors (Lipinski definition) is 7. The lowest BCUT2D eigenvalue weighted by atomic mass is 10.1. The van der Waals surface area contributed by atoms with Crippen molar-refractivity contribution in [3.63, 3.8) is 0 Å². The van der Waals surface area contributed by atoms with Gasteiger partial charge in [-0.2, -0.15) is 13.9 Å². The number of nitrogens with zero attached hydrogens (tertiary/aromatic N) is 2. The molecule has 0 aliphatic carbocycles. The number of phenols is 2. The monoisotopic (exact) mass is 481 g/mol. The summed E-state index contributed by atoms with van der Waals surface area (Å²) in [6.07, 6.45) is 6.99. The minimum Gasteiger partial charge on any atom is -0.502 e. The van der Waals surface area contributed by atoms with Gasteiger partial charge in [0.2, 0.25) is 11.5 Å². The van der Waals surface area contributed by atoms with Gasteiger partial charge in [0.25, 0.3) is 0 Å². The highest BCUT2D eigenvalue weighted by Gasteiger charge is 2.16. The summed E-state index contributed by atoms with van der Waals surface area (Å²) < 4.78 is 23.9. The number of rotatable bonds is 8. The predicted octanol–water partition coefficient (Wildman–Crippen LogP) is 3.00. The summed E-state index contributed by atoms with van der Waals surface area (Å²) in [7, 11) is 9.17. The molecule has 0 saturated carbocycles. The molecule has 0 fully saturated rings. The molecule has 0 saturated heterocycles. The van der Waals surface area contributed by atoms with Crippen LogP contribution in [-0.4, -0.2) is 43.2 Å². The summed E-state index contributed by atoms with van der Waals surface area (Å²) in [5.74, 6) is 0.907. The molecule has 0 aliphatic heterocycles. The van der Waals surface area contributed by atoms with Gasteiger partial charge in [-0.05, 0) is 48.6 Å². The molecule has 2 N–H and O–H groups in total. The van der Waals surface area contributed by atoms with E-state index in [-0.39, 0.29) is 28.7 Å². The Morgan fingerprint density at radius 3 is 1.71 bits per heavy atom. The van der Waals surface area contributed by atoms with Crippen molar-refractivity contribution in [2.75, 3.05) is 28.4 Å². The average Bonchev–Trinajstić information content (AvgIpc) is 2.86. The second-order valence-corrected chi connectivity index (χ2v) is 7.54. The molecule has 0 atom stereocenters. The van der Waals surface area contributed by atoms with Crippen LogP contribution in [0.25, 0.3) is 24.3 Å². The summed E-state index contributed by atoms with van der Waals surface area (Å²) >= 11 is 0. The third-order valence-corrected chi connectivity index (χ3v) is 5.61. The zero-order valence-electron chi connectivity index (χ0n) is 20.5. The molecule has 0 radical (unpaired) electrons. The van der Waals surface area contributed by atoms with Crippen LogP contribution < -0.4 is 29.2 Å². The number of phenolic OH excluding ortho intramolecular Hbond substituents is 2. The van der Waals surface area contributed by atoms with E-state index in [9.17, 15) is 15.0 Å². The van der Waals surface area contributed by atoms with E-state index in [0.29, 0.717) is 34.0 Å². The van der Waals surface area contributed by atoms with E-state index in [1.165, 1.54) is 37.6 Å². The van der Waals surface area contributed by atoms with E-state index in [2.05, 4.69) is 0 Å². The van der Waals surface area contributed by atoms with Crippen LogP contribution >= 0.6 is 0 Å². The summed E-state index contributed by atoms with van der Waals surface area (Å²) in [6.45, 7) is 0. The van der Waals surface area contributed by atoms with Crippen LogP contribution in [0, 0.1) is 0 Å². The van der Waals surface area contributed by atoms with Gasteiger partial charge in [0.05, 0.1) is 42.5 Å². The van der Waals surface area contributed by atoms with Gasteiger partial charge in [-0.25, -0.2) is 0 Å². The fraction of sp³-hybridized carbons (Fsp3) is 0.231. The third kappa shape index (κ3) is 4.93. The second kappa shape index (κ2) is 10.7. The van der Waals surface area contributed by atoms with Crippen molar-refractivity contribution in [1.82, 2.24) is 4.57 Å². The quantitative estimate of drug-likeness (QED) is 0.477. The first kappa shape index (κ1) is 25.2. The smallest absolute Gasteiger partial charge is 0.498 e. The normalized spacial score (nSPS) is 11.3. The molecule has 1 heterocycles. The molecular formula is C26H29N2O7+. The van der Waals surface area contributed by atoms with Crippen LogP contribution in [0.2, 0.25) is 0 Å². The van der Waals surface area contributed by atoms with Crippen molar-refractivity contribution in [2.24, 2.45) is 14.1 Å².